The van der Waals surface area contributed by atoms with Crippen LogP contribution in [0.2, 0.25) is 10.0 Å². The molecule has 8 heteroatoms. The first-order valence-corrected chi connectivity index (χ1v) is 8.93. The van der Waals surface area contributed by atoms with Crippen LogP contribution in [-0.4, -0.2) is 28.8 Å². The van der Waals surface area contributed by atoms with E-state index in [4.69, 9.17) is 23.2 Å². The average Bonchev–Trinajstić information content (AvgIpc) is 2.57. The number of carbonyl (C=O) groups is 1. The lowest BCUT2D eigenvalue weighted by molar-refractivity contribution is -0.128. The van der Waals surface area contributed by atoms with Crippen LogP contribution >= 0.6 is 23.2 Å². The lowest BCUT2D eigenvalue weighted by Crippen LogP contribution is -2.37. The van der Waals surface area contributed by atoms with Crippen molar-refractivity contribution < 1.29 is 4.79 Å². The van der Waals surface area contributed by atoms with Gasteiger partial charge in [0.05, 0.1) is 17.6 Å². The van der Waals surface area contributed by atoms with Gasteiger partial charge in [-0.25, -0.2) is 0 Å². The highest BCUT2D eigenvalue weighted by atomic mass is 35.5. The van der Waals surface area contributed by atoms with Gasteiger partial charge in [-0.1, -0.05) is 50.0 Å². The largest absolute Gasteiger partial charge is 0.381 e. The van der Waals surface area contributed by atoms with E-state index in [0.29, 0.717) is 29.5 Å². The number of hydrogen-bond acceptors (Lipinski definition) is 4. The number of anilines is 1. The Balaban J connectivity index is 2.09. The number of aryl methyl sites for hydroxylation is 1. The standard InChI is InChI=1S/C18H22Cl2N4O2/c1-11-5-6-12(9-13(11)19)24-16(25)15(20)14(10-23-24)21-7-8-22-17(26)18(2,3)4/h5-6,9-10,21H,7-8H2,1-4H3,(H,22,26). The molecule has 0 atom stereocenters. The minimum atomic E-state index is -0.449. The zero-order chi connectivity index (χ0) is 19.5. The van der Waals surface area contributed by atoms with Crippen LogP contribution < -0.4 is 16.2 Å². The van der Waals surface area contributed by atoms with Crippen LogP contribution in [0.25, 0.3) is 5.69 Å². The van der Waals surface area contributed by atoms with Crippen LogP contribution in [-0.2, 0) is 4.79 Å². The number of benzene rings is 1. The topological polar surface area (TPSA) is 76.0 Å². The number of carbonyl (C=O) groups excluding carboxylic acids is 1. The van der Waals surface area contributed by atoms with Crippen LogP contribution in [0.1, 0.15) is 26.3 Å². The number of hydrogen-bond donors (Lipinski definition) is 2. The summed E-state index contributed by atoms with van der Waals surface area (Å²) < 4.78 is 1.19. The van der Waals surface area contributed by atoms with Gasteiger partial charge in [0.1, 0.15) is 5.02 Å². The summed E-state index contributed by atoms with van der Waals surface area (Å²) in [4.78, 5) is 24.3. The molecule has 6 nitrogen and oxygen atoms in total. The molecule has 0 aliphatic carbocycles. The van der Waals surface area contributed by atoms with Gasteiger partial charge in [-0.05, 0) is 24.6 Å². The minimum Gasteiger partial charge on any atom is -0.381 e. The lowest BCUT2D eigenvalue weighted by Gasteiger charge is -2.18. The van der Waals surface area contributed by atoms with E-state index in [9.17, 15) is 9.59 Å². The maximum atomic E-state index is 12.5. The minimum absolute atomic E-state index is 0.0267. The first-order valence-electron chi connectivity index (χ1n) is 8.18. The predicted molar refractivity (Wildman–Crippen MR) is 106 cm³/mol. The van der Waals surface area contributed by atoms with Gasteiger partial charge in [0, 0.05) is 23.5 Å². The van der Waals surface area contributed by atoms with E-state index >= 15 is 0 Å². The smallest absolute Gasteiger partial charge is 0.292 e. The second kappa shape index (κ2) is 8.10. The van der Waals surface area contributed by atoms with Crippen molar-refractivity contribution in [3.8, 4) is 5.69 Å². The zero-order valence-corrected chi connectivity index (χ0v) is 16.7. The van der Waals surface area contributed by atoms with Crippen molar-refractivity contribution in [2.75, 3.05) is 18.4 Å². The first-order chi connectivity index (χ1) is 12.1. The van der Waals surface area contributed by atoms with E-state index in [1.165, 1.54) is 10.9 Å². The number of halogens is 2. The van der Waals surface area contributed by atoms with E-state index in [1.54, 1.807) is 12.1 Å². The third-order valence-corrected chi connectivity index (χ3v) is 4.50. The van der Waals surface area contributed by atoms with Gasteiger partial charge in [-0.15, -0.1) is 0 Å². The van der Waals surface area contributed by atoms with Crippen molar-refractivity contribution in [2.45, 2.75) is 27.7 Å². The Kier molecular flexibility index (Phi) is 6.31. The summed E-state index contributed by atoms with van der Waals surface area (Å²) in [5.41, 5.74) is 0.961. The van der Waals surface area contributed by atoms with Crippen molar-refractivity contribution in [1.29, 1.82) is 0 Å². The summed E-state index contributed by atoms with van der Waals surface area (Å²) in [5, 5.41) is 10.5. The predicted octanol–water partition coefficient (Wildman–Crippen LogP) is 3.42. The van der Waals surface area contributed by atoms with Crippen molar-refractivity contribution in [1.82, 2.24) is 15.1 Å². The fourth-order valence-electron chi connectivity index (χ4n) is 2.09. The molecule has 2 N–H and O–H groups in total. The van der Waals surface area contributed by atoms with Gasteiger partial charge in [0.25, 0.3) is 5.56 Å². The van der Waals surface area contributed by atoms with E-state index in [-0.39, 0.29) is 10.9 Å². The van der Waals surface area contributed by atoms with Crippen molar-refractivity contribution in [3.05, 3.63) is 50.4 Å². The Morgan fingerprint density at radius 1 is 1.23 bits per heavy atom. The summed E-state index contributed by atoms with van der Waals surface area (Å²) in [7, 11) is 0. The molecular weight excluding hydrogens is 375 g/mol. The van der Waals surface area contributed by atoms with Gasteiger partial charge in [-0.3, -0.25) is 9.59 Å². The van der Waals surface area contributed by atoms with Gasteiger partial charge < -0.3 is 10.6 Å². The summed E-state index contributed by atoms with van der Waals surface area (Å²) >= 11 is 12.3. The third kappa shape index (κ3) is 4.77. The van der Waals surface area contributed by atoms with Crippen molar-refractivity contribution in [3.63, 3.8) is 0 Å². The highest BCUT2D eigenvalue weighted by Gasteiger charge is 2.20. The molecule has 0 spiro atoms. The Bertz CT molecular complexity index is 872. The second-order valence-electron chi connectivity index (χ2n) is 6.96. The van der Waals surface area contributed by atoms with Gasteiger partial charge in [-0.2, -0.15) is 9.78 Å². The Labute approximate surface area is 162 Å². The summed E-state index contributed by atoms with van der Waals surface area (Å²) in [5.74, 6) is -0.0461. The number of nitrogens with one attached hydrogen (secondary N) is 2. The van der Waals surface area contributed by atoms with Crippen molar-refractivity contribution >= 4 is 34.8 Å². The molecule has 2 aromatic rings. The molecule has 2 rings (SSSR count). The van der Waals surface area contributed by atoms with Crippen LogP contribution in [0.4, 0.5) is 5.69 Å². The number of nitrogens with zero attached hydrogens (tertiary/aromatic N) is 2. The molecule has 0 unspecified atom stereocenters. The number of amides is 1. The van der Waals surface area contributed by atoms with Crippen LogP contribution in [0, 0.1) is 12.3 Å². The summed E-state index contributed by atoms with van der Waals surface area (Å²) in [6, 6.07) is 5.22. The van der Waals surface area contributed by atoms with Crippen molar-refractivity contribution in [2.24, 2.45) is 5.41 Å². The molecule has 0 bridgehead atoms. The Morgan fingerprint density at radius 3 is 2.54 bits per heavy atom. The highest BCUT2D eigenvalue weighted by Crippen LogP contribution is 2.20. The fourth-order valence-corrected chi connectivity index (χ4v) is 2.46. The monoisotopic (exact) mass is 396 g/mol. The lowest BCUT2D eigenvalue weighted by atomic mass is 9.96. The molecule has 1 heterocycles. The SMILES string of the molecule is Cc1ccc(-n2ncc(NCCNC(=O)C(C)(C)C)c(Cl)c2=O)cc1Cl. The molecule has 0 radical (unpaired) electrons. The molecule has 1 aromatic heterocycles. The summed E-state index contributed by atoms with van der Waals surface area (Å²) in [6.07, 6.45) is 1.48. The van der Waals surface area contributed by atoms with Gasteiger partial charge >= 0.3 is 0 Å². The van der Waals surface area contributed by atoms with E-state index in [1.807, 2.05) is 33.8 Å². The van der Waals surface area contributed by atoms with Crippen LogP contribution in [0.15, 0.2) is 29.2 Å². The van der Waals surface area contributed by atoms with Gasteiger partial charge in [0.15, 0.2) is 0 Å². The molecule has 0 saturated carbocycles. The van der Waals surface area contributed by atoms with Gasteiger partial charge in [0.2, 0.25) is 5.91 Å². The van der Waals surface area contributed by atoms with Crippen LogP contribution in [0.5, 0.6) is 0 Å². The highest BCUT2D eigenvalue weighted by molar-refractivity contribution is 6.33. The molecule has 0 aliphatic heterocycles. The second-order valence-corrected chi connectivity index (χ2v) is 7.74. The third-order valence-electron chi connectivity index (χ3n) is 3.73. The summed E-state index contributed by atoms with van der Waals surface area (Å²) in [6.45, 7) is 8.22. The number of rotatable bonds is 5. The molecule has 1 amide bonds. The molecule has 26 heavy (non-hydrogen) atoms. The Hall–Kier alpha value is -2.05. The molecule has 140 valence electrons. The van der Waals surface area contributed by atoms with E-state index in [2.05, 4.69) is 15.7 Å². The fraction of sp³-hybridized carbons (Fsp3) is 0.389. The molecular formula is C18H22Cl2N4O2. The van der Waals surface area contributed by atoms with E-state index < -0.39 is 11.0 Å². The maximum absolute atomic E-state index is 12.5. The first kappa shape index (κ1) is 20.3. The Morgan fingerprint density at radius 2 is 1.92 bits per heavy atom. The van der Waals surface area contributed by atoms with Crippen LogP contribution in [0.3, 0.4) is 0 Å². The molecule has 1 aromatic carbocycles. The molecule has 0 aliphatic rings. The average molecular weight is 397 g/mol. The normalized spacial score (nSPS) is 11.3. The molecule has 0 fully saturated rings. The maximum Gasteiger partial charge on any atom is 0.292 e. The zero-order valence-electron chi connectivity index (χ0n) is 15.2. The number of aromatic nitrogens is 2. The quantitative estimate of drug-likeness (QED) is 0.759. The van der Waals surface area contributed by atoms with E-state index in [0.717, 1.165) is 5.56 Å². The molecule has 0 saturated heterocycles.